The van der Waals surface area contributed by atoms with Crippen LogP contribution in [0.5, 0.6) is 0 Å². The molecule has 2 aliphatic heterocycles. The molecule has 5 N–H and O–H groups in total. The lowest BCUT2D eigenvalue weighted by Crippen LogP contribution is -2.59. The molecule has 2 aromatic carbocycles. The number of aromatic nitrogens is 2. The van der Waals surface area contributed by atoms with Crippen molar-refractivity contribution in [3.8, 4) is 22.4 Å². The number of imidazole rings is 1. The normalized spacial score (nSPS) is 17.3. The van der Waals surface area contributed by atoms with Crippen molar-refractivity contribution in [1.29, 1.82) is 0 Å². The van der Waals surface area contributed by atoms with E-state index in [1.165, 1.54) is 12.0 Å². The van der Waals surface area contributed by atoms with Crippen LogP contribution in [0.15, 0.2) is 54.7 Å². The maximum Gasteiger partial charge on any atom is 0.424 e. The number of nitrogens with two attached hydrogens (primary N) is 1. The minimum Gasteiger partial charge on any atom is -0.453 e. The number of ketones is 1. The zero-order valence-corrected chi connectivity index (χ0v) is 37.3. The lowest BCUT2D eigenvalue weighted by atomic mass is 10.0. The topological polar surface area (TPSA) is 239 Å². The lowest BCUT2D eigenvalue weighted by Gasteiger charge is -2.33. The highest BCUT2D eigenvalue weighted by molar-refractivity contribution is 6.01. The van der Waals surface area contributed by atoms with Gasteiger partial charge in [0.15, 0.2) is 5.78 Å². The van der Waals surface area contributed by atoms with Crippen molar-refractivity contribution in [1.82, 2.24) is 40.3 Å². The van der Waals surface area contributed by atoms with Crippen molar-refractivity contribution in [2.24, 2.45) is 17.7 Å². The first-order valence-corrected chi connectivity index (χ1v) is 20.9. The smallest absolute Gasteiger partial charge is 0.424 e. The Balaban J connectivity index is 1.23. The molecule has 0 aliphatic carbocycles. The fourth-order valence-corrected chi connectivity index (χ4v) is 7.59. The van der Waals surface area contributed by atoms with Crippen LogP contribution >= 0.6 is 0 Å². The number of benzene rings is 2. The summed E-state index contributed by atoms with van der Waals surface area (Å²) >= 11 is 0. The van der Waals surface area contributed by atoms with Crippen LogP contribution in [0.1, 0.15) is 83.5 Å². The van der Waals surface area contributed by atoms with Crippen molar-refractivity contribution in [3.63, 3.8) is 0 Å². The summed E-state index contributed by atoms with van der Waals surface area (Å²) < 4.78 is 14.9. The van der Waals surface area contributed by atoms with Crippen LogP contribution in [-0.4, -0.2) is 136 Å². The van der Waals surface area contributed by atoms with Gasteiger partial charge in [0, 0.05) is 12.1 Å². The zero-order chi connectivity index (χ0) is 46.3. The van der Waals surface area contributed by atoms with Crippen LogP contribution < -0.4 is 16.5 Å². The van der Waals surface area contributed by atoms with Gasteiger partial charge < -0.3 is 39.6 Å². The first-order chi connectivity index (χ1) is 29.7. The number of carbonyl (C=O) groups is 7. The van der Waals surface area contributed by atoms with Gasteiger partial charge in [0.2, 0.25) is 17.7 Å². The van der Waals surface area contributed by atoms with E-state index in [0.29, 0.717) is 22.9 Å². The van der Waals surface area contributed by atoms with Gasteiger partial charge in [-0.05, 0) is 62.1 Å². The summed E-state index contributed by atoms with van der Waals surface area (Å²) in [6.45, 7) is 11.8. The number of likely N-dealkylation sites (tertiary alicyclic amines) is 1. The number of hydrogen-bond acceptors (Lipinski definition) is 12. The molecular weight excluding hydrogens is 815 g/mol. The molecule has 0 radical (unpaired) electrons. The Hall–Kier alpha value is -6.50. The third-order valence-corrected chi connectivity index (χ3v) is 10.9. The second kappa shape index (κ2) is 20.1. The second-order valence-corrected chi connectivity index (χ2v) is 17.3. The Labute approximate surface area is 366 Å². The molecule has 5 rings (SSSR count). The average Bonchev–Trinajstić information content (AvgIpc) is 4.04. The summed E-state index contributed by atoms with van der Waals surface area (Å²) in [7, 11) is 2.38. The van der Waals surface area contributed by atoms with E-state index in [9.17, 15) is 33.6 Å². The number of alkyl carbamates (subject to hydrolysis) is 1. The number of nitrogens with one attached hydrogen (secondary N) is 3. The molecule has 19 heteroatoms. The molecule has 4 atom stereocenters. The Morgan fingerprint density at radius 3 is 2.06 bits per heavy atom. The largest absolute Gasteiger partial charge is 0.453 e. The van der Waals surface area contributed by atoms with Gasteiger partial charge in [-0.1, -0.05) is 76.2 Å². The van der Waals surface area contributed by atoms with Gasteiger partial charge in [0.25, 0.3) is 0 Å². The summed E-state index contributed by atoms with van der Waals surface area (Å²) in [6, 6.07) is 11.2. The fraction of sp³-hybridized carbons (Fsp3) is 0.500. The molecule has 0 unspecified atom stereocenters. The number of nitrogens with zero attached hydrogens (tertiary/aromatic N) is 5. The second-order valence-electron chi connectivity index (χ2n) is 17.3. The van der Waals surface area contributed by atoms with Crippen LogP contribution in [-0.2, 0) is 28.6 Å². The Kier molecular flexibility index (Phi) is 15.2. The highest BCUT2D eigenvalue weighted by atomic mass is 16.6. The van der Waals surface area contributed by atoms with Crippen LogP contribution in [0.2, 0.25) is 0 Å². The minimum atomic E-state index is -1.23. The van der Waals surface area contributed by atoms with Gasteiger partial charge in [0.1, 0.15) is 36.2 Å². The molecule has 63 heavy (non-hydrogen) atoms. The van der Waals surface area contributed by atoms with E-state index < -0.39 is 66.3 Å². The molecule has 0 saturated carbocycles. The van der Waals surface area contributed by atoms with Crippen molar-refractivity contribution in [3.05, 3.63) is 66.1 Å². The SMILES string of the molecule is COC(=O)N[C@H](C(=O)N1CCC[C@H]1c1ncc(-c2ccc(-c3ccc(C(=O)CNC(=O)[C@@H]4CN(C(=O)OC(C)(C)C)CN4C(=O)[C@H](C(C)C)N(N)C(=O)OC)cc3)cc2)[nH]1)C(C)C. The predicted molar refractivity (Wildman–Crippen MR) is 230 cm³/mol. The van der Waals surface area contributed by atoms with Gasteiger partial charge in [-0.2, -0.15) is 0 Å². The standard InChI is InChI=1S/C44H59N9O10/c1-25(2)35(49-41(58)61-8)39(56)51-20-10-11-32(51)37-46-21-31(48-37)29-16-12-27(13-17-29)28-14-18-30(19-15-28)34(54)22-47-38(55)33-23-50(42(59)63-44(5,6)7)24-52(33)40(57)36(26(3)4)53(45)43(60)62-9/h12-19,21,25-26,32-33,35-36H,10-11,20,22-24,45H2,1-9H3,(H,46,48)(H,47,55)(H,49,58)/t32-,33-,35-,36-/m0/s1. The van der Waals surface area contributed by atoms with E-state index in [-0.39, 0.29) is 36.9 Å². The molecule has 3 heterocycles. The van der Waals surface area contributed by atoms with Gasteiger partial charge in [-0.15, -0.1) is 0 Å². The molecule has 340 valence electrons. The number of amides is 6. The number of ether oxygens (including phenoxy) is 3. The van der Waals surface area contributed by atoms with Gasteiger partial charge in [-0.3, -0.25) is 24.1 Å². The first-order valence-electron chi connectivity index (χ1n) is 20.9. The molecule has 0 spiro atoms. The summed E-state index contributed by atoms with van der Waals surface area (Å²) in [4.78, 5) is 104. The predicted octanol–water partition coefficient (Wildman–Crippen LogP) is 4.46. The molecule has 19 nitrogen and oxygen atoms in total. The van der Waals surface area contributed by atoms with E-state index in [1.807, 2.05) is 38.1 Å². The fourth-order valence-electron chi connectivity index (χ4n) is 7.59. The number of hydrazine groups is 1. The van der Waals surface area contributed by atoms with Crippen LogP contribution in [0.4, 0.5) is 14.4 Å². The maximum absolute atomic E-state index is 13.9. The quantitative estimate of drug-likeness (QED) is 0.0613. The maximum atomic E-state index is 13.9. The Morgan fingerprint density at radius 2 is 1.49 bits per heavy atom. The van der Waals surface area contributed by atoms with E-state index in [0.717, 1.165) is 47.2 Å². The Morgan fingerprint density at radius 1 is 0.873 bits per heavy atom. The number of hydrogen-bond donors (Lipinski definition) is 4. The number of methoxy groups -OCH3 is 2. The summed E-state index contributed by atoms with van der Waals surface area (Å²) in [6.07, 6.45) is 0.900. The zero-order valence-electron chi connectivity index (χ0n) is 37.3. The van der Waals surface area contributed by atoms with Crippen molar-refractivity contribution < 1.29 is 47.8 Å². The summed E-state index contributed by atoms with van der Waals surface area (Å²) in [5.74, 6) is 4.04. The van der Waals surface area contributed by atoms with E-state index in [1.54, 1.807) is 70.0 Å². The Bertz CT molecular complexity index is 2150. The van der Waals surface area contributed by atoms with Crippen LogP contribution in [0.25, 0.3) is 22.4 Å². The van der Waals surface area contributed by atoms with Gasteiger partial charge >= 0.3 is 18.3 Å². The number of rotatable bonds is 13. The molecular formula is C44H59N9O10. The first kappa shape index (κ1) is 47.5. The van der Waals surface area contributed by atoms with Gasteiger partial charge in [0.05, 0.1) is 45.2 Å². The minimum absolute atomic E-state index is 0.145. The molecule has 2 saturated heterocycles. The van der Waals surface area contributed by atoms with E-state index in [4.69, 9.17) is 20.1 Å². The van der Waals surface area contributed by atoms with Crippen LogP contribution in [0, 0.1) is 11.8 Å². The lowest BCUT2D eigenvalue weighted by molar-refractivity contribution is -0.143. The third-order valence-electron chi connectivity index (χ3n) is 10.9. The average molecular weight is 874 g/mol. The third kappa shape index (κ3) is 11.3. The summed E-state index contributed by atoms with van der Waals surface area (Å²) in [5, 5.41) is 5.94. The number of carbonyl (C=O) groups excluding carboxylic acids is 7. The van der Waals surface area contributed by atoms with E-state index >= 15 is 0 Å². The molecule has 2 fully saturated rings. The van der Waals surface area contributed by atoms with Gasteiger partial charge in [-0.25, -0.2) is 30.2 Å². The van der Waals surface area contributed by atoms with Crippen molar-refractivity contribution in [2.75, 3.05) is 40.5 Å². The molecule has 1 aromatic heterocycles. The van der Waals surface area contributed by atoms with Crippen LogP contribution in [0.3, 0.4) is 0 Å². The van der Waals surface area contributed by atoms with Crippen molar-refractivity contribution >= 4 is 41.8 Å². The highest BCUT2D eigenvalue weighted by Crippen LogP contribution is 2.33. The molecule has 2 aliphatic rings. The number of Topliss-reactive ketones (excluding diaryl/α,β-unsaturated/α-hetero) is 1. The molecule has 6 amide bonds. The number of aromatic amines is 1. The molecule has 3 aromatic rings. The number of H-pyrrole nitrogens is 1. The summed E-state index contributed by atoms with van der Waals surface area (Å²) in [5.41, 5.74) is 2.88. The molecule has 0 bridgehead atoms. The van der Waals surface area contributed by atoms with E-state index in [2.05, 4.69) is 20.6 Å². The highest BCUT2D eigenvalue weighted by Gasteiger charge is 2.46. The monoisotopic (exact) mass is 873 g/mol. The van der Waals surface area contributed by atoms with Crippen molar-refractivity contribution in [2.45, 2.75) is 91.1 Å².